The van der Waals surface area contributed by atoms with Crippen molar-refractivity contribution in [3.05, 3.63) is 41.8 Å². The third-order valence-corrected chi connectivity index (χ3v) is 4.09. The minimum absolute atomic E-state index is 0.242. The van der Waals surface area contributed by atoms with Crippen LogP contribution in [0.3, 0.4) is 0 Å². The van der Waals surface area contributed by atoms with Gasteiger partial charge in [0.05, 0.1) is 5.60 Å². The number of hydrogen-bond donors (Lipinski definition) is 2. The second-order valence-electron chi connectivity index (χ2n) is 5.08. The maximum absolute atomic E-state index is 11.1. The zero-order chi connectivity index (χ0) is 13.0. The molecule has 3 heteroatoms. The molecule has 0 amide bonds. The third kappa shape index (κ3) is 2.87. The van der Waals surface area contributed by atoms with Crippen LogP contribution in [-0.4, -0.2) is 18.2 Å². The minimum Gasteiger partial charge on any atom is -0.385 e. The lowest BCUT2D eigenvalue weighted by Crippen LogP contribution is -2.44. The van der Waals surface area contributed by atoms with Gasteiger partial charge in [0.15, 0.2) is 0 Å². The molecule has 2 N–H and O–H groups in total. The molecule has 1 aliphatic heterocycles. The molecule has 0 aliphatic carbocycles. The summed E-state index contributed by atoms with van der Waals surface area (Å²) in [5.41, 5.74) is 0.118. The topological polar surface area (TPSA) is 32.3 Å². The van der Waals surface area contributed by atoms with Gasteiger partial charge in [0, 0.05) is 17.5 Å². The molecule has 2 unspecified atom stereocenters. The fourth-order valence-corrected chi connectivity index (χ4v) is 3.06. The number of halogens is 1. The summed E-state index contributed by atoms with van der Waals surface area (Å²) in [7, 11) is 0. The van der Waals surface area contributed by atoms with E-state index < -0.39 is 5.60 Å². The molecule has 2 atom stereocenters. The van der Waals surface area contributed by atoms with E-state index in [1.54, 1.807) is 0 Å². The molecule has 0 bridgehead atoms. The van der Waals surface area contributed by atoms with Crippen molar-refractivity contribution in [3.63, 3.8) is 0 Å². The lowest BCUT2D eigenvalue weighted by Gasteiger charge is -2.39. The van der Waals surface area contributed by atoms with E-state index in [0.29, 0.717) is 11.4 Å². The molecule has 0 aromatic heterocycles. The predicted molar refractivity (Wildman–Crippen MR) is 75.5 cm³/mol. The van der Waals surface area contributed by atoms with Crippen LogP contribution in [-0.2, 0) is 5.60 Å². The molecule has 18 heavy (non-hydrogen) atoms. The van der Waals surface area contributed by atoms with Gasteiger partial charge in [0.25, 0.3) is 0 Å². The molecule has 1 heterocycles. The van der Waals surface area contributed by atoms with Crippen molar-refractivity contribution >= 4 is 11.6 Å². The summed E-state index contributed by atoms with van der Waals surface area (Å²) in [6, 6.07) is 7.60. The molecule has 99 valence electrons. The van der Waals surface area contributed by atoms with E-state index in [0.717, 1.165) is 37.9 Å². The van der Waals surface area contributed by atoms with Crippen molar-refractivity contribution in [2.24, 2.45) is 5.92 Å². The van der Waals surface area contributed by atoms with E-state index in [1.165, 1.54) is 0 Å². The van der Waals surface area contributed by atoms with Gasteiger partial charge in [-0.15, -0.1) is 0 Å². The van der Waals surface area contributed by atoms with Gasteiger partial charge >= 0.3 is 0 Å². The summed E-state index contributed by atoms with van der Waals surface area (Å²) >= 11 is 6.05. The van der Waals surface area contributed by atoms with E-state index in [9.17, 15) is 5.11 Å². The average molecular weight is 267 g/mol. The number of benzene rings is 1. The summed E-state index contributed by atoms with van der Waals surface area (Å²) in [5.74, 6) is 0.242. The molecule has 1 aromatic rings. The maximum Gasteiger partial charge on any atom is 0.0937 e. The molecule has 0 saturated carbocycles. The Morgan fingerprint density at radius 3 is 2.94 bits per heavy atom. The molecular formula is C15H21ClNO. The zero-order valence-electron chi connectivity index (χ0n) is 10.7. The van der Waals surface area contributed by atoms with Crippen LogP contribution in [0, 0.1) is 12.8 Å². The first kappa shape index (κ1) is 13.9. The second-order valence-corrected chi connectivity index (χ2v) is 5.52. The second kappa shape index (κ2) is 6.05. The molecule has 2 nitrogen and oxygen atoms in total. The van der Waals surface area contributed by atoms with Crippen LogP contribution in [0.5, 0.6) is 0 Å². The van der Waals surface area contributed by atoms with Crippen LogP contribution < -0.4 is 5.32 Å². The van der Waals surface area contributed by atoms with Crippen molar-refractivity contribution in [1.29, 1.82) is 0 Å². The fourth-order valence-electron chi connectivity index (χ4n) is 2.87. The Hall–Kier alpha value is -0.570. The van der Waals surface area contributed by atoms with Crippen molar-refractivity contribution < 1.29 is 5.11 Å². The van der Waals surface area contributed by atoms with Gasteiger partial charge in [-0.05, 0) is 43.5 Å². The largest absolute Gasteiger partial charge is 0.385 e. The molecule has 0 spiro atoms. The molecular weight excluding hydrogens is 246 g/mol. The number of aliphatic hydroxyl groups is 1. The Labute approximate surface area is 114 Å². The highest BCUT2D eigenvalue weighted by Crippen LogP contribution is 2.38. The standard InChI is InChI=1S/C15H21ClNO/c1-2-8-15(18,13-6-4-9-17-11-13)12-5-3-7-14(16)10-12/h3,5,7,10,13,17-18H,1-2,4,6,8-9,11H2. The van der Waals surface area contributed by atoms with E-state index >= 15 is 0 Å². The van der Waals surface area contributed by atoms with Gasteiger partial charge in [0.2, 0.25) is 0 Å². The molecule has 1 radical (unpaired) electrons. The highest BCUT2D eigenvalue weighted by Gasteiger charge is 2.38. The lowest BCUT2D eigenvalue weighted by atomic mass is 9.75. The Kier molecular flexibility index (Phi) is 4.66. The molecule has 1 fully saturated rings. The summed E-state index contributed by atoms with van der Waals surface area (Å²) in [6.45, 7) is 5.81. The smallest absolute Gasteiger partial charge is 0.0937 e. The van der Waals surface area contributed by atoms with E-state index in [4.69, 9.17) is 11.6 Å². The van der Waals surface area contributed by atoms with Crippen molar-refractivity contribution in [1.82, 2.24) is 5.32 Å². The zero-order valence-corrected chi connectivity index (χ0v) is 11.4. The van der Waals surface area contributed by atoms with E-state index in [-0.39, 0.29) is 5.92 Å². The van der Waals surface area contributed by atoms with E-state index in [1.807, 2.05) is 24.3 Å². The maximum atomic E-state index is 11.1. The van der Waals surface area contributed by atoms with Crippen LogP contribution in [0.25, 0.3) is 0 Å². The summed E-state index contributed by atoms with van der Waals surface area (Å²) < 4.78 is 0. The van der Waals surface area contributed by atoms with Crippen LogP contribution >= 0.6 is 11.6 Å². The van der Waals surface area contributed by atoms with Gasteiger partial charge in [-0.1, -0.05) is 37.1 Å². The Morgan fingerprint density at radius 1 is 1.50 bits per heavy atom. The van der Waals surface area contributed by atoms with Crippen molar-refractivity contribution in [2.45, 2.75) is 31.3 Å². The highest BCUT2D eigenvalue weighted by atomic mass is 35.5. The van der Waals surface area contributed by atoms with Gasteiger partial charge in [-0.2, -0.15) is 0 Å². The van der Waals surface area contributed by atoms with Crippen molar-refractivity contribution in [3.8, 4) is 0 Å². The predicted octanol–water partition coefficient (Wildman–Crippen LogP) is 3.14. The van der Waals surface area contributed by atoms with Gasteiger partial charge in [-0.3, -0.25) is 0 Å². The first-order valence-corrected chi connectivity index (χ1v) is 7.03. The number of rotatable bonds is 4. The van der Waals surface area contributed by atoms with Crippen molar-refractivity contribution in [2.75, 3.05) is 13.1 Å². The Bertz CT molecular complexity index is 390. The van der Waals surface area contributed by atoms with Gasteiger partial charge in [0.1, 0.15) is 0 Å². The van der Waals surface area contributed by atoms with Crippen LogP contribution in [0.2, 0.25) is 5.02 Å². The lowest BCUT2D eigenvalue weighted by molar-refractivity contribution is -0.0400. The number of hydrogen-bond acceptors (Lipinski definition) is 2. The van der Waals surface area contributed by atoms with Crippen LogP contribution in [0.4, 0.5) is 0 Å². The van der Waals surface area contributed by atoms with Gasteiger partial charge < -0.3 is 10.4 Å². The van der Waals surface area contributed by atoms with Crippen LogP contribution in [0.15, 0.2) is 24.3 Å². The first-order valence-electron chi connectivity index (χ1n) is 6.65. The van der Waals surface area contributed by atoms with Gasteiger partial charge in [-0.25, -0.2) is 0 Å². The normalized spacial score (nSPS) is 23.6. The number of piperidine rings is 1. The molecule has 1 aromatic carbocycles. The molecule has 1 saturated heterocycles. The SMILES string of the molecule is [CH2]CCC(O)(c1cccc(Cl)c1)C1CCCNC1. The third-order valence-electron chi connectivity index (χ3n) is 3.85. The monoisotopic (exact) mass is 266 g/mol. The van der Waals surface area contributed by atoms with E-state index in [2.05, 4.69) is 12.2 Å². The van der Waals surface area contributed by atoms with Crippen LogP contribution in [0.1, 0.15) is 31.2 Å². The number of nitrogens with one attached hydrogen (secondary N) is 1. The average Bonchev–Trinajstić information content (AvgIpc) is 2.40. The molecule has 1 aliphatic rings. The quantitative estimate of drug-likeness (QED) is 0.878. The highest BCUT2D eigenvalue weighted by molar-refractivity contribution is 6.30. The Morgan fingerprint density at radius 2 is 2.33 bits per heavy atom. The summed E-state index contributed by atoms with van der Waals surface area (Å²) in [5, 5.41) is 15.1. The first-order chi connectivity index (χ1) is 8.66. The minimum atomic E-state index is -0.805. The summed E-state index contributed by atoms with van der Waals surface area (Å²) in [4.78, 5) is 0. The molecule has 2 rings (SSSR count). The summed E-state index contributed by atoms with van der Waals surface area (Å²) in [6.07, 6.45) is 3.57. The fraction of sp³-hybridized carbons (Fsp3) is 0.533. The Balaban J connectivity index is 2.29.